The maximum atomic E-state index is 12.6. The lowest BCUT2D eigenvalue weighted by Crippen LogP contribution is -2.39. The molecule has 23 heavy (non-hydrogen) atoms. The third-order valence-corrected chi connectivity index (χ3v) is 4.24. The van der Waals surface area contributed by atoms with Crippen LogP contribution in [-0.2, 0) is 19.4 Å². The number of methoxy groups -OCH3 is 1. The highest BCUT2D eigenvalue weighted by atomic mass is 32.2. The van der Waals surface area contributed by atoms with Gasteiger partial charge < -0.3 is 21.1 Å². The predicted octanol–water partition coefficient (Wildman–Crippen LogP) is 1.03. The Balaban J connectivity index is 3.19. The molecular weight excluding hydrogens is 332 g/mol. The van der Waals surface area contributed by atoms with Crippen LogP contribution < -0.4 is 16.4 Å². The smallest absolute Gasteiger partial charge is 0.341 e. The highest BCUT2D eigenvalue weighted by molar-refractivity contribution is 7.91. The van der Waals surface area contributed by atoms with Crippen molar-refractivity contribution in [1.82, 2.24) is 0 Å². The standard InChI is InChI=1S/C13H19F2N3O4S/c1-3-17-10-5-4-8(23(20,21)13(14)15)6-11(10)18-12(19)9(16)7-22-2/h4-6,9,13,17H,3,7,16H2,1-2H3,(H,18,19). The molecule has 0 bridgehead atoms. The van der Waals surface area contributed by atoms with E-state index < -0.39 is 32.4 Å². The summed E-state index contributed by atoms with van der Waals surface area (Å²) >= 11 is 0. The zero-order valence-electron chi connectivity index (χ0n) is 12.7. The van der Waals surface area contributed by atoms with Crippen LogP contribution in [0.4, 0.5) is 20.2 Å². The van der Waals surface area contributed by atoms with Gasteiger partial charge in [-0.2, -0.15) is 8.78 Å². The largest absolute Gasteiger partial charge is 0.384 e. The van der Waals surface area contributed by atoms with Crippen LogP contribution in [0.1, 0.15) is 6.92 Å². The maximum Gasteiger partial charge on any atom is 0.341 e. The quantitative estimate of drug-likeness (QED) is 0.645. The fourth-order valence-corrected chi connectivity index (χ4v) is 2.48. The summed E-state index contributed by atoms with van der Waals surface area (Å²) in [6.07, 6.45) is 0. The highest BCUT2D eigenvalue weighted by Gasteiger charge is 2.27. The lowest BCUT2D eigenvalue weighted by Gasteiger charge is -2.16. The first kappa shape index (κ1) is 19.3. The van der Waals surface area contributed by atoms with Gasteiger partial charge in [-0.3, -0.25) is 4.79 Å². The molecule has 0 saturated carbocycles. The van der Waals surface area contributed by atoms with E-state index in [1.165, 1.54) is 13.2 Å². The molecule has 1 unspecified atom stereocenters. The van der Waals surface area contributed by atoms with E-state index in [-0.39, 0.29) is 12.3 Å². The summed E-state index contributed by atoms with van der Waals surface area (Å²) in [6, 6.07) is 2.34. The minimum atomic E-state index is -4.77. The van der Waals surface area contributed by atoms with Gasteiger partial charge in [-0.25, -0.2) is 8.42 Å². The van der Waals surface area contributed by atoms with E-state index in [0.717, 1.165) is 12.1 Å². The Kier molecular flexibility index (Phi) is 6.85. The molecule has 0 spiro atoms. The summed E-state index contributed by atoms with van der Waals surface area (Å²) in [5.74, 6) is -4.18. The molecule has 130 valence electrons. The van der Waals surface area contributed by atoms with E-state index in [1.54, 1.807) is 6.92 Å². The predicted molar refractivity (Wildman–Crippen MR) is 82.3 cm³/mol. The molecule has 1 rings (SSSR count). The Morgan fingerprint density at radius 3 is 2.52 bits per heavy atom. The Bertz CT molecular complexity index is 653. The molecule has 0 saturated heterocycles. The molecule has 1 atom stereocenters. The van der Waals surface area contributed by atoms with Gasteiger partial charge in [0.1, 0.15) is 6.04 Å². The van der Waals surface area contributed by atoms with Gasteiger partial charge in [0, 0.05) is 13.7 Å². The molecule has 0 radical (unpaired) electrons. The van der Waals surface area contributed by atoms with Crippen LogP contribution in [0.5, 0.6) is 0 Å². The summed E-state index contributed by atoms with van der Waals surface area (Å²) in [4.78, 5) is 11.3. The van der Waals surface area contributed by atoms with E-state index in [1.807, 2.05) is 0 Å². The number of halogens is 2. The number of hydrogen-bond acceptors (Lipinski definition) is 6. The van der Waals surface area contributed by atoms with E-state index in [9.17, 15) is 22.0 Å². The number of hydrogen-bond donors (Lipinski definition) is 3. The van der Waals surface area contributed by atoms with Crippen LogP contribution in [0.25, 0.3) is 0 Å². The van der Waals surface area contributed by atoms with E-state index in [0.29, 0.717) is 12.2 Å². The summed E-state index contributed by atoms with van der Waals surface area (Å²) < 4.78 is 53.1. The van der Waals surface area contributed by atoms with Gasteiger partial charge in [0.2, 0.25) is 15.7 Å². The van der Waals surface area contributed by atoms with Crippen LogP contribution in [0.15, 0.2) is 23.1 Å². The minimum absolute atomic E-state index is 0.0442. The molecule has 1 aromatic carbocycles. The fraction of sp³-hybridized carbons (Fsp3) is 0.462. The molecule has 10 heteroatoms. The second-order valence-corrected chi connectivity index (χ2v) is 6.51. The van der Waals surface area contributed by atoms with Crippen molar-refractivity contribution in [3.8, 4) is 0 Å². The zero-order valence-corrected chi connectivity index (χ0v) is 13.5. The van der Waals surface area contributed by atoms with E-state index >= 15 is 0 Å². The van der Waals surface area contributed by atoms with Crippen LogP contribution >= 0.6 is 0 Å². The third kappa shape index (κ3) is 4.85. The third-order valence-electron chi connectivity index (χ3n) is 2.86. The van der Waals surface area contributed by atoms with Gasteiger partial charge in [-0.05, 0) is 25.1 Å². The first-order chi connectivity index (χ1) is 10.7. The molecule has 7 nitrogen and oxygen atoms in total. The number of alkyl halides is 2. The van der Waals surface area contributed by atoms with Crippen molar-refractivity contribution < 1.29 is 26.7 Å². The minimum Gasteiger partial charge on any atom is -0.384 e. The summed E-state index contributed by atoms with van der Waals surface area (Å²) in [5, 5.41) is 5.31. The maximum absolute atomic E-state index is 12.6. The van der Waals surface area contributed by atoms with Gasteiger partial charge in [0.05, 0.1) is 22.9 Å². The van der Waals surface area contributed by atoms with Crippen molar-refractivity contribution in [2.75, 3.05) is 30.9 Å². The van der Waals surface area contributed by atoms with Gasteiger partial charge in [0.25, 0.3) is 0 Å². The van der Waals surface area contributed by atoms with Crippen molar-refractivity contribution in [2.24, 2.45) is 5.73 Å². The number of ether oxygens (including phenoxy) is 1. The van der Waals surface area contributed by atoms with Crippen LogP contribution in [0.3, 0.4) is 0 Å². The molecule has 0 aliphatic rings. The number of amides is 1. The topological polar surface area (TPSA) is 111 Å². The van der Waals surface area contributed by atoms with E-state index in [2.05, 4.69) is 10.6 Å². The number of carbonyl (C=O) groups is 1. The number of rotatable bonds is 8. The summed E-state index contributed by atoms with van der Waals surface area (Å²) in [7, 11) is -3.40. The van der Waals surface area contributed by atoms with Gasteiger partial charge in [-0.1, -0.05) is 0 Å². The molecule has 0 aliphatic heterocycles. The number of nitrogens with one attached hydrogen (secondary N) is 2. The number of anilines is 2. The van der Waals surface area contributed by atoms with Crippen molar-refractivity contribution >= 4 is 27.1 Å². The number of benzene rings is 1. The lowest BCUT2D eigenvalue weighted by molar-refractivity contribution is -0.118. The normalized spacial score (nSPS) is 13.0. The Labute approximate surface area is 133 Å². The molecular formula is C13H19F2N3O4S. The monoisotopic (exact) mass is 351 g/mol. The second-order valence-electron chi connectivity index (χ2n) is 4.59. The zero-order chi connectivity index (χ0) is 17.6. The molecule has 0 aliphatic carbocycles. The fourth-order valence-electron chi connectivity index (χ4n) is 1.73. The van der Waals surface area contributed by atoms with Gasteiger partial charge >= 0.3 is 5.76 Å². The number of carbonyl (C=O) groups excluding carboxylic acids is 1. The molecule has 4 N–H and O–H groups in total. The lowest BCUT2D eigenvalue weighted by atomic mass is 10.2. The van der Waals surface area contributed by atoms with Crippen LogP contribution in [-0.4, -0.2) is 46.4 Å². The summed E-state index contributed by atoms with van der Waals surface area (Å²) in [6.45, 7) is 2.22. The van der Waals surface area contributed by atoms with Gasteiger partial charge in [0.15, 0.2) is 0 Å². The second kappa shape index (κ2) is 8.18. The van der Waals surface area contributed by atoms with Crippen LogP contribution in [0, 0.1) is 0 Å². The van der Waals surface area contributed by atoms with Crippen molar-refractivity contribution in [2.45, 2.75) is 23.6 Å². The first-order valence-electron chi connectivity index (χ1n) is 6.69. The first-order valence-corrected chi connectivity index (χ1v) is 8.24. The highest BCUT2D eigenvalue weighted by Crippen LogP contribution is 2.28. The van der Waals surface area contributed by atoms with Crippen LogP contribution in [0.2, 0.25) is 0 Å². The molecule has 1 aromatic rings. The number of sulfone groups is 1. The average molecular weight is 351 g/mol. The average Bonchev–Trinajstić information content (AvgIpc) is 2.49. The Morgan fingerprint density at radius 1 is 1.35 bits per heavy atom. The molecule has 0 heterocycles. The van der Waals surface area contributed by atoms with Crippen molar-refractivity contribution in [3.63, 3.8) is 0 Å². The number of nitrogens with two attached hydrogens (primary N) is 1. The molecule has 0 aromatic heterocycles. The van der Waals surface area contributed by atoms with E-state index in [4.69, 9.17) is 10.5 Å². The summed E-state index contributed by atoms with van der Waals surface area (Å²) in [5.41, 5.74) is 6.01. The van der Waals surface area contributed by atoms with Gasteiger partial charge in [-0.15, -0.1) is 0 Å². The Morgan fingerprint density at radius 2 is 2.00 bits per heavy atom. The Hall–Kier alpha value is -1.78. The molecule has 0 fully saturated rings. The SMILES string of the molecule is CCNc1ccc(S(=O)(=O)C(F)F)cc1NC(=O)C(N)COC. The van der Waals surface area contributed by atoms with Crippen molar-refractivity contribution in [1.29, 1.82) is 0 Å². The molecule has 1 amide bonds. The van der Waals surface area contributed by atoms with Crippen molar-refractivity contribution in [3.05, 3.63) is 18.2 Å².